The van der Waals surface area contributed by atoms with Crippen molar-refractivity contribution in [2.75, 3.05) is 0 Å². The summed E-state index contributed by atoms with van der Waals surface area (Å²) in [5.41, 5.74) is 2.81. The molecule has 0 radical (unpaired) electrons. The van der Waals surface area contributed by atoms with Gasteiger partial charge in [-0.05, 0) is 58.1 Å². The van der Waals surface area contributed by atoms with E-state index in [-0.39, 0.29) is 5.91 Å². The smallest absolute Gasteiger partial charge is 0.263 e. The van der Waals surface area contributed by atoms with Crippen LogP contribution in [-0.2, 0) is 6.42 Å². The molecule has 0 bridgehead atoms. The van der Waals surface area contributed by atoms with Crippen LogP contribution in [0.3, 0.4) is 0 Å². The number of carbonyl (C=O) groups excluding carboxylic acids is 1. The second-order valence-corrected chi connectivity index (χ2v) is 7.63. The molecule has 0 aromatic carbocycles. The summed E-state index contributed by atoms with van der Waals surface area (Å²) in [5.74, 6) is 0.822. The van der Waals surface area contributed by atoms with Gasteiger partial charge in [-0.1, -0.05) is 18.5 Å². The van der Waals surface area contributed by atoms with Gasteiger partial charge in [-0.3, -0.25) is 4.79 Å². The molecule has 2 aromatic heterocycles. The van der Waals surface area contributed by atoms with Gasteiger partial charge in [0.2, 0.25) is 0 Å². The minimum Gasteiger partial charge on any atom is -0.361 e. The number of thiazole rings is 1. The molecule has 1 saturated carbocycles. The predicted molar refractivity (Wildman–Crippen MR) is 101 cm³/mol. The molecule has 134 valence electrons. The first-order valence-corrected chi connectivity index (χ1v) is 9.81. The summed E-state index contributed by atoms with van der Waals surface area (Å²) in [6.07, 6.45) is 10.5. The van der Waals surface area contributed by atoms with Crippen molar-refractivity contribution in [3.8, 4) is 0 Å². The number of amides is 1. The van der Waals surface area contributed by atoms with Crippen molar-refractivity contribution in [1.29, 1.82) is 0 Å². The van der Waals surface area contributed by atoms with Crippen LogP contribution in [0.25, 0.3) is 12.2 Å². The number of carbonyl (C=O) groups is 1. The number of hydrogen-bond donors (Lipinski definition) is 1. The van der Waals surface area contributed by atoms with Crippen molar-refractivity contribution < 1.29 is 9.32 Å². The van der Waals surface area contributed by atoms with Crippen LogP contribution >= 0.6 is 11.3 Å². The van der Waals surface area contributed by atoms with Crippen LogP contribution < -0.4 is 5.32 Å². The van der Waals surface area contributed by atoms with E-state index < -0.39 is 0 Å². The lowest BCUT2D eigenvalue weighted by molar-refractivity contribution is 0.0920. The number of rotatable bonds is 7. The highest BCUT2D eigenvalue weighted by atomic mass is 32.1. The van der Waals surface area contributed by atoms with E-state index in [4.69, 9.17) is 4.52 Å². The summed E-state index contributed by atoms with van der Waals surface area (Å²) in [6.45, 7) is 5.98. The van der Waals surface area contributed by atoms with Gasteiger partial charge in [0.15, 0.2) is 0 Å². The van der Waals surface area contributed by atoms with E-state index in [0.717, 1.165) is 59.8 Å². The normalized spacial score (nSPS) is 14.8. The van der Waals surface area contributed by atoms with Gasteiger partial charge in [0.05, 0.1) is 11.4 Å². The molecule has 2 heterocycles. The Morgan fingerprint density at radius 3 is 2.84 bits per heavy atom. The first-order chi connectivity index (χ1) is 12.1. The van der Waals surface area contributed by atoms with Gasteiger partial charge in [0.1, 0.15) is 15.6 Å². The first-order valence-electron chi connectivity index (χ1n) is 9.00. The van der Waals surface area contributed by atoms with E-state index in [1.807, 2.05) is 26.0 Å². The van der Waals surface area contributed by atoms with Crippen LogP contribution in [0, 0.1) is 13.8 Å². The minimum absolute atomic E-state index is 0.00384. The first kappa shape index (κ1) is 17.9. The molecule has 0 unspecified atom stereocenters. The molecule has 6 heteroatoms. The molecular formula is C19H25N3O2S. The number of unbranched alkanes of at least 4 members (excludes halogenated alkanes) is 1. The van der Waals surface area contributed by atoms with Gasteiger partial charge >= 0.3 is 0 Å². The van der Waals surface area contributed by atoms with Crippen LogP contribution in [0.5, 0.6) is 0 Å². The van der Waals surface area contributed by atoms with Crippen LogP contribution in [0.2, 0.25) is 0 Å². The molecule has 1 fully saturated rings. The van der Waals surface area contributed by atoms with Crippen LogP contribution in [0.4, 0.5) is 0 Å². The monoisotopic (exact) mass is 359 g/mol. The summed E-state index contributed by atoms with van der Waals surface area (Å²) in [5, 5.41) is 8.07. The Labute approximate surface area is 152 Å². The zero-order valence-electron chi connectivity index (χ0n) is 15.1. The Hall–Kier alpha value is -1.95. The molecule has 1 aliphatic rings. The molecular weight excluding hydrogens is 334 g/mol. The molecule has 0 saturated heterocycles. The molecule has 0 aliphatic heterocycles. The SMILES string of the molecule is CCCCc1noc(C)c1C=Cc1nc(C)c(C(=O)NC2CCC2)s1. The van der Waals surface area contributed by atoms with Gasteiger partial charge in [-0.25, -0.2) is 4.98 Å². The summed E-state index contributed by atoms with van der Waals surface area (Å²) in [4.78, 5) is 17.6. The highest BCUT2D eigenvalue weighted by Crippen LogP contribution is 2.24. The van der Waals surface area contributed by atoms with Gasteiger partial charge < -0.3 is 9.84 Å². The number of nitrogens with one attached hydrogen (secondary N) is 1. The van der Waals surface area contributed by atoms with E-state index in [0.29, 0.717) is 10.9 Å². The Morgan fingerprint density at radius 2 is 2.16 bits per heavy atom. The van der Waals surface area contributed by atoms with E-state index in [2.05, 4.69) is 22.4 Å². The number of aryl methyl sites for hydroxylation is 3. The third kappa shape index (κ3) is 4.18. The molecule has 0 spiro atoms. The van der Waals surface area contributed by atoms with Crippen LogP contribution in [0.15, 0.2) is 4.52 Å². The zero-order valence-corrected chi connectivity index (χ0v) is 15.9. The van der Waals surface area contributed by atoms with E-state index in [9.17, 15) is 4.79 Å². The van der Waals surface area contributed by atoms with Gasteiger partial charge in [0.25, 0.3) is 5.91 Å². The second kappa shape index (κ2) is 7.95. The molecule has 3 rings (SSSR count). The lowest BCUT2D eigenvalue weighted by Gasteiger charge is -2.26. The van der Waals surface area contributed by atoms with E-state index >= 15 is 0 Å². The third-order valence-corrected chi connectivity index (χ3v) is 5.72. The Balaban J connectivity index is 1.73. The summed E-state index contributed by atoms with van der Waals surface area (Å²) >= 11 is 1.43. The fourth-order valence-electron chi connectivity index (χ4n) is 2.82. The maximum atomic E-state index is 12.4. The highest BCUT2D eigenvalue weighted by molar-refractivity contribution is 7.14. The third-order valence-electron chi connectivity index (χ3n) is 4.60. The highest BCUT2D eigenvalue weighted by Gasteiger charge is 2.22. The standard InChI is InChI=1S/C19H25N3O2S/c1-4-5-9-16-15(13(3)24-22-16)10-11-17-20-12(2)18(25-17)19(23)21-14-7-6-8-14/h10-11,14H,4-9H2,1-3H3,(H,21,23). The lowest BCUT2D eigenvalue weighted by atomic mass is 9.93. The topological polar surface area (TPSA) is 68.0 Å². The molecule has 5 nitrogen and oxygen atoms in total. The molecule has 1 aliphatic carbocycles. The van der Waals surface area contributed by atoms with Crippen molar-refractivity contribution in [3.63, 3.8) is 0 Å². The van der Waals surface area contributed by atoms with Crippen molar-refractivity contribution >= 4 is 29.4 Å². The molecule has 1 amide bonds. The summed E-state index contributed by atoms with van der Waals surface area (Å²) in [7, 11) is 0. The summed E-state index contributed by atoms with van der Waals surface area (Å²) in [6, 6.07) is 0.341. The fourth-order valence-corrected chi connectivity index (χ4v) is 3.69. The molecule has 0 atom stereocenters. The Kier molecular flexibility index (Phi) is 5.68. The van der Waals surface area contributed by atoms with E-state index in [1.165, 1.54) is 17.8 Å². The molecule has 1 N–H and O–H groups in total. The molecule has 25 heavy (non-hydrogen) atoms. The summed E-state index contributed by atoms with van der Waals surface area (Å²) < 4.78 is 5.33. The molecule has 2 aromatic rings. The number of nitrogens with zero attached hydrogens (tertiary/aromatic N) is 2. The fraction of sp³-hybridized carbons (Fsp3) is 0.526. The Morgan fingerprint density at radius 1 is 1.36 bits per heavy atom. The van der Waals surface area contributed by atoms with Crippen LogP contribution in [0.1, 0.15) is 76.4 Å². The van der Waals surface area contributed by atoms with E-state index in [1.54, 1.807) is 0 Å². The predicted octanol–water partition coefficient (Wildman–Crippen LogP) is 4.54. The average molecular weight is 359 g/mol. The number of hydrogen-bond acceptors (Lipinski definition) is 5. The largest absolute Gasteiger partial charge is 0.361 e. The average Bonchev–Trinajstić information content (AvgIpc) is 3.09. The minimum atomic E-state index is 0.00384. The lowest BCUT2D eigenvalue weighted by Crippen LogP contribution is -2.39. The number of aromatic nitrogens is 2. The zero-order chi connectivity index (χ0) is 17.8. The Bertz CT molecular complexity index is 772. The maximum Gasteiger partial charge on any atom is 0.263 e. The van der Waals surface area contributed by atoms with Crippen molar-refractivity contribution in [1.82, 2.24) is 15.5 Å². The van der Waals surface area contributed by atoms with Gasteiger partial charge in [-0.2, -0.15) is 0 Å². The van der Waals surface area contributed by atoms with Gasteiger partial charge in [0, 0.05) is 11.6 Å². The van der Waals surface area contributed by atoms with Gasteiger partial charge in [-0.15, -0.1) is 11.3 Å². The quantitative estimate of drug-likeness (QED) is 0.788. The van der Waals surface area contributed by atoms with Crippen molar-refractivity contribution in [3.05, 3.63) is 32.6 Å². The van der Waals surface area contributed by atoms with Crippen molar-refractivity contribution in [2.24, 2.45) is 0 Å². The second-order valence-electron chi connectivity index (χ2n) is 6.60. The van der Waals surface area contributed by atoms with Crippen molar-refractivity contribution in [2.45, 2.75) is 65.3 Å². The van der Waals surface area contributed by atoms with Crippen LogP contribution in [-0.4, -0.2) is 22.1 Å². The maximum absolute atomic E-state index is 12.4.